The van der Waals surface area contributed by atoms with Crippen molar-refractivity contribution in [3.05, 3.63) is 0 Å². The third-order valence-electron chi connectivity index (χ3n) is 5.54. The summed E-state index contributed by atoms with van der Waals surface area (Å²) < 4.78 is 6.48. The zero-order chi connectivity index (χ0) is 16.8. The molecule has 1 N–H and O–H groups in total. The number of carbonyl (C=O) groups excluding carboxylic acids is 1. The van der Waals surface area contributed by atoms with Crippen LogP contribution >= 0.6 is 0 Å². The summed E-state index contributed by atoms with van der Waals surface area (Å²) in [6.07, 6.45) is 5.62. The van der Waals surface area contributed by atoms with Crippen molar-refractivity contribution >= 4 is 5.97 Å². The Hall–Kier alpha value is -0.130. The molecule has 1 saturated carbocycles. The van der Waals surface area contributed by atoms with E-state index < -0.39 is 11.5 Å². The molecule has 138 valence electrons. The van der Waals surface area contributed by atoms with Gasteiger partial charge in [0.2, 0.25) is 0 Å². The van der Waals surface area contributed by atoms with Crippen LogP contribution in [0.5, 0.6) is 0 Å². The van der Waals surface area contributed by atoms with Gasteiger partial charge in [-0.1, -0.05) is 19.3 Å². The number of rotatable bonds is 8. The Morgan fingerprint density at radius 3 is 2.17 bits per heavy atom. The Kier molecular flexibility index (Phi) is 9.94. The van der Waals surface area contributed by atoms with E-state index in [-0.39, 0.29) is 28.9 Å². The fourth-order valence-corrected chi connectivity index (χ4v) is 3.52. The van der Waals surface area contributed by atoms with Gasteiger partial charge < -0.3 is 31.3 Å². The molecule has 5 heteroatoms. The Labute approximate surface area is 152 Å². The first-order valence-corrected chi connectivity index (χ1v) is 8.96. The van der Waals surface area contributed by atoms with Crippen molar-refractivity contribution in [2.45, 2.75) is 65.4 Å². The number of likely N-dealkylation sites (N-methyl/N-ethyl adjacent to an activating group) is 1. The predicted molar refractivity (Wildman–Crippen MR) is 89.5 cm³/mol. The lowest BCUT2D eigenvalue weighted by Crippen LogP contribution is -3.00. The molecule has 0 saturated heterocycles. The van der Waals surface area contributed by atoms with E-state index in [4.69, 9.17) is 4.74 Å². The van der Waals surface area contributed by atoms with Crippen molar-refractivity contribution in [1.29, 1.82) is 0 Å². The van der Waals surface area contributed by atoms with Crippen LogP contribution in [-0.4, -0.2) is 54.4 Å². The third-order valence-corrected chi connectivity index (χ3v) is 5.54. The highest BCUT2D eigenvalue weighted by Crippen LogP contribution is 2.36. The van der Waals surface area contributed by atoms with Crippen LogP contribution in [0.2, 0.25) is 0 Å². The largest absolute Gasteiger partial charge is 1.00 e. The zero-order valence-corrected chi connectivity index (χ0v) is 17.2. The highest BCUT2D eigenvalue weighted by atomic mass is 79.9. The molecule has 1 atom stereocenters. The molecule has 1 aliphatic rings. The van der Waals surface area contributed by atoms with Crippen LogP contribution in [-0.2, 0) is 9.53 Å². The molecule has 0 radical (unpaired) electrons. The number of aliphatic hydroxyl groups is 1. The minimum absolute atomic E-state index is 0. The van der Waals surface area contributed by atoms with Crippen molar-refractivity contribution in [3.8, 4) is 0 Å². The summed E-state index contributed by atoms with van der Waals surface area (Å²) >= 11 is 0. The Morgan fingerprint density at radius 2 is 1.74 bits per heavy atom. The van der Waals surface area contributed by atoms with Crippen LogP contribution in [0.25, 0.3) is 0 Å². The number of ether oxygens (including phenoxy) is 1. The Morgan fingerprint density at radius 1 is 1.22 bits per heavy atom. The number of carbonyl (C=O) groups is 1. The molecule has 0 heterocycles. The number of nitrogens with zero attached hydrogens (tertiary/aromatic N) is 1. The number of esters is 1. The monoisotopic (exact) mass is 393 g/mol. The summed E-state index contributed by atoms with van der Waals surface area (Å²) in [5.74, 6) is -0.340. The molecule has 0 spiro atoms. The highest BCUT2D eigenvalue weighted by molar-refractivity contribution is 5.74. The van der Waals surface area contributed by atoms with Gasteiger partial charge in [0, 0.05) is 0 Å². The Bertz CT molecular complexity index is 345. The van der Waals surface area contributed by atoms with E-state index in [1.165, 1.54) is 6.42 Å². The molecule has 0 aliphatic heterocycles. The van der Waals surface area contributed by atoms with E-state index in [2.05, 4.69) is 20.9 Å². The van der Waals surface area contributed by atoms with Gasteiger partial charge >= 0.3 is 5.97 Å². The van der Waals surface area contributed by atoms with Gasteiger partial charge in [0.15, 0.2) is 0 Å². The lowest BCUT2D eigenvalue weighted by atomic mass is 9.73. The highest BCUT2D eigenvalue weighted by Gasteiger charge is 2.41. The van der Waals surface area contributed by atoms with E-state index in [0.717, 1.165) is 49.8 Å². The van der Waals surface area contributed by atoms with Crippen molar-refractivity contribution in [3.63, 3.8) is 0 Å². The molecular formula is C18H36BrNO3. The minimum atomic E-state index is -1.01. The summed E-state index contributed by atoms with van der Waals surface area (Å²) in [6.45, 7) is 11.1. The molecule has 23 heavy (non-hydrogen) atoms. The van der Waals surface area contributed by atoms with Crippen molar-refractivity contribution in [2.75, 3.05) is 33.3 Å². The smallest absolute Gasteiger partial charge is 0.312 e. The first-order chi connectivity index (χ1) is 10.2. The quantitative estimate of drug-likeness (QED) is 0.465. The van der Waals surface area contributed by atoms with Gasteiger partial charge in [-0.2, -0.15) is 0 Å². The Balaban J connectivity index is 0.00000484. The van der Waals surface area contributed by atoms with E-state index in [1.54, 1.807) is 13.8 Å². The molecule has 0 aromatic rings. The fraction of sp³-hybridized carbons (Fsp3) is 0.944. The predicted octanol–water partition coefficient (Wildman–Crippen LogP) is -0.0126. The second-order valence-electron chi connectivity index (χ2n) is 7.67. The number of halogens is 1. The second kappa shape index (κ2) is 10.00. The molecule has 4 nitrogen and oxygen atoms in total. The van der Waals surface area contributed by atoms with E-state index in [1.807, 2.05) is 0 Å². The van der Waals surface area contributed by atoms with Crippen molar-refractivity contribution in [1.82, 2.24) is 0 Å². The SMILES string of the molecule is CC[N+](C)(CC)CCOC(=O)C(C1CCCCC1)C(C)(C)O.[Br-]. The maximum atomic E-state index is 12.6. The number of quaternary nitrogens is 1. The number of hydrogen-bond acceptors (Lipinski definition) is 3. The summed E-state index contributed by atoms with van der Waals surface area (Å²) in [5, 5.41) is 10.4. The van der Waals surface area contributed by atoms with Gasteiger partial charge in [-0.25, -0.2) is 0 Å². The van der Waals surface area contributed by atoms with Gasteiger partial charge in [0.1, 0.15) is 13.2 Å². The summed E-state index contributed by atoms with van der Waals surface area (Å²) in [7, 11) is 2.18. The second-order valence-corrected chi connectivity index (χ2v) is 7.67. The topological polar surface area (TPSA) is 46.5 Å². The lowest BCUT2D eigenvalue weighted by Gasteiger charge is -2.36. The van der Waals surface area contributed by atoms with Gasteiger partial charge in [0.25, 0.3) is 0 Å². The first kappa shape index (κ1) is 22.9. The average molecular weight is 394 g/mol. The van der Waals surface area contributed by atoms with Gasteiger partial charge in [-0.15, -0.1) is 0 Å². The van der Waals surface area contributed by atoms with Crippen LogP contribution in [0.4, 0.5) is 0 Å². The molecule has 1 aliphatic carbocycles. The van der Waals surface area contributed by atoms with Crippen LogP contribution < -0.4 is 17.0 Å². The van der Waals surface area contributed by atoms with Crippen molar-refractivity contribution in [2.24, 2.45) is 11.8 Å². The van der Waals surface area contributed by atoms with Gasteiger partial charge in [0.05, 0.1) is 31.7 Å². The number of hydrogen-bond donors (Lipinski definition) is 1. The average Bonchev–Trinajstić information content (AvgIpc) is 2.47. The molecule has 1 fully saturated rings. The van der Waals surface area contributed by atoms with E-state index >= 15 is 0 Å². The van der Waals surface area contributed by atoms with Crippen LogP contribution in [0.1, 0.15) is 59.8 Å². The molecule has 1 rings (SSSR count). The van der Waals surface area contributed by atoms with Crippen LogP contribution in [0, 0.1) is 11.8 Å². The van der Waals surface area contributed by atoms with E-state index in [0.29, 0.717) is 6.61 Å². The van der Waals surface area contributed by atoms with Crippen molar-refractivity contribution < 1.29 is 36.1 Å². The fourth-order valence-electron chi connectivity index (χ4n) is 3.52. The summed E-state index contributed by atoms with van der Waals surface area (Å²) in [6, 6.07) is 0. The first-order valence-electron chi connectivity index (χ1n) is 8.96. The normalized spacial score (nSPS) is 18.2. The standard InChI is InChI=1S/C18H36NO3.BrH/c1-6-19(5,7-2)13-14-22-17(20)16(18(3,4)21)15-11-9-8-10-12-15;/h15-16,21H,6-14H2,1-5H3;1H/q+1;/p-1. The molecule has 0 bridgehead atoms. The zero-order valence-electron chi connectivity index (χ0n) is 15.6. The summed E-state index contributed by atoms with van der Waals surface area (Å²) in [4.78, 5) is 12.6. The molecule has 0 aromatic heterocycles. The maximum absolute atomic E-state index is 12.6. The molecular weight excluding hydrogens is 358 g/mol. The van der Waals surface area contributed by atoms with Crippen LogP contribution in [0.15, 0.2) is 0 Å². The molecule has 1 unspecified atom stereocenters. The van der Waals surface area contributed by atoms with Crippen LogP contribution in [0.3, 0.4) is 0 Å². The lowest BCUT2D eigenvalue weighted by molar-refractivity contribution is -0.906. The van der Waals surface area contributed by atoms with E-state index in [9.17, 15) is 9.90 Å². The molecule has 0 aromatic carbocycles. The van der Waals surface area contributed by atoms with Gasteiger partial charge in [-0.3, -0.25) is 4.79 Å². The molecule has 0 amide bonds. The van der Waals surface area contributed by atoms with Gasteiger partial charge in [-0.05, 0) is 46.5 Å². The maximum Gasteiger partial charge on any atom is 0.312 e. The summed E-state index contributed by atoms with van der Waals surface area (Å²) in [5.41, 5.74) is -1.01. The minimum Gasteiger partial charge on any atom is -1.00 e. The third kappa shape index (κ3) is 7.10.